The maximum atomic E-state index is 13.2. The second kappa shape index (κ2) is 9.51. The Hall–Kier alpha value is -2.57. The molecule has 2 aromatic heterocycles. The maximum absolute atomic E-state index is 13.2. The average Bonchev–Trinajstić information content (AvgIpc) is 3.43. The summed E-state index contributed by atoms with van der Waals surface area (Å²) in [5.41, 5.74) is 5.40. The van der Waals surface area contributed by atoms with Crippen molar-refractivity contribution in [2.75, 3.05) is 11.9 Å². The second-order valence-corrected chi connectivity index (χ2v) is 10.3. The van der Waals surface area contributed by atoms with Crippen LogP contribution in [0, 0.1) is 13.8 Å². The van der Waals surface area contributed by atoms with Gasteiger partial charge in [-0.05, 0) is 62.5 Å². The lowest BCUT2D eigenvalue weighted by Crippen LogP contribution is -2.16. The van der Waals surface area contributed by atoms with E-state index in [1.54, 1.807) is 23.5 Å². The van der Waals surface area contributed by atoms with Gasteiger partial charge < -0.3 is 4.90 Å². The number of allylic oxidation sites excluding steroid dienone is 5. The summed E-state index contributed by atoms with van der Waals surface area (Å²) in [4.78, 5) is 14.0. The monoisotopic (exact) mass is 465 g/mol. The molecule has 0 spiro atoms. The van der Waals surface area contributed by atoms with Gasteiger partial charge in [0.05, 0.1) is 32.0 Å². The Kier molecular flexibility index (Phi) is 6.72. The highest BCUT2D eigenvalue weighted by molar-refractivity contribution is 7.17. The summed E-state index contributed by atoms with van der Waals surface area (Å²) in [7, 11) is 2.06. The minimum atomic E-state index is -0.232. The highest BCUT2D eigenvalue weighted by atomic mass is 32.1. The lowest BCUT2D eigenvalue weighted by molar-refractivity contribution is 0.641. The number of anilines is 1. The number of rotatable bonds is 8. The standard InChI is InChI=1S/C26H28FN3S2/c1-6-20(11-10-16(2)27)23-18(4)29-26(32-23)30(5)15-19-8-7-9-22(14-19)24-17(3)28-25(31-24)21-12-13-21/h6-11,14,21H,1,12-13,15H2,2-5H3/b16-10+,20-11+. The number of thiazole rings is 2. The number of benzene rings is 1. The van der Waals surface area contributed by atoms with Crippen LogP contribution in [0.3, 0.4) is 0 Å². The summed E-state index contributed by atoms with van der Waals surface area (Å²) >= 11 is 3.45. The zero-order chi connectivity index (χ0) is 22.8. The normalized spacial score (nSPS) is 14.7. The molecule has 1 aliphatic carbocycles. The number of aromatic nitrogens is 2. The molecule has 0 radical (unpaired) electrons. The van der Waals surface area contributed by atoms with E-state index in [2.05, 4.69) is 49.7 Å². The first kappa shape index (κ1) is 22.6. The highest BCUT2D eigenvalue weighted by Crippen LogP contribution is 2.44. The van der Waals surface area contributed by atoms with Crippen molar-refractivity contribution in [3.63, 3.8) is 0 Å². The Balaban J connectivity index is 1.54. The molecule has 1 fully saturated rings. The third-order valence-electron chi connectivity index (χ3n) is 5.44. The fourth-order valence-corrected chi connectivity index (χ4v) is 5.88. The van der Waals surface area contributed by atoms with Gasteiger partial charge in [0, 0.05) is 19.5 Å². The Morgan fingerprint density at radius 3 is 2.66 bits per heavy atom. The zero-order valence-corrected chi connectivity index (χ0v) is 20.6. The minimum absolute atomic E-state index is 0.232. The second-order valence-electron chi connectivity index (χ2n) is 8.29. The van der Waals surface area contributed by atoms with Crippen LogP contribution in [0.1, 0.15) is 52.5 Å². The van der Waals surface area contributed by atoms with E-state index in [4.69, 9.17) is 9.97 Å². The van der Waals surface area contributed by atoms with Gasteiger partial charge in [-0.3, -0.25) is 0 Å². The Labute approximate surface area is 197 Å². The van der Waals surface area contributed by atoms with Gasteiger partial charge in [-0.2, -0.15) is 0 Å². The summed E-state index contributed by atoms with van der Waals surface area (Å²) in [5, 5.41) is 2.22. The zero-order valence-electron chi connectivity index (χ0n) is 19.0. The van der Waals surface area contributed by atoms with Crippen LogP contribution in [-0.2, 0) is 6.54 Å². The first-order chi connectivity index (χ1) is 15.4. The van der Waals surface area contributed by atoms with Gasteiger partial charge in [-0.1, -0.05) is 48.3 Å². The molecule has 32 heavy (non-hydrogen) atoms. The Bertz CT molecular complexity index is 1190. The molecular weight excluding hydrogens is 437 g/mol. The van der Waals surface area contributed by atoms with Crippen molar-refractivity contribution in [1.82, 2.24) is 9.97 Å². The molecule has 0 saturated heterocycles. The third kappa shape index (κ3) is 5.08. The fourth-order valence-electron chi connectivity index (χ4n) is 3.60. The molecular formula is C26H28FN3S2. The molecule has 0 bridgehead atoms. The van der Waals surface area contributed by atoms with E-state index in [9.17, 15) is 4.39 Å². The predicted molar refractivity (Wildman–Crippen MR) is 136 cm³/mol. The van der Waals surface area contributed by atoms with Gasteiger partial charge in [-0.25, -0.2) is 14.4 Å². The number of aryl methyl sites for hydroxylation is 2. The third-order valence-corrected chi connectivity index (χ3v) is 8.12. The van der Waals surface area contributed by atoms with E-state index in [1.165, 1.54) is 46.9 Å². The molecule has 1 aromatic carbocycles. The minimum Gasteiger partial charge on any atom is -0.347 e. The molecule has 1 saturated carbocycles. The lowest BCUT2D eigenvalue weighted by Gasteiger charge is -2.16. The van der Waals surface area contributed by atoms with Crippen LogP contribution in [0.5, 0.6) is 0 Å². The summed E-state index contributed by atoms with van der Waals surface area (Å²) < 4.78 is 13.2. The van der Waals surface area contributed by atoms with E-state index in [1.807, 2.05) is 18.3 Å². The van der Waals surface area contributed by atoms with Crippen LogP contribution < -0.4 is 4.90 Å². The first-order valence-corrected chi connectivity index (χ1v) is 12.4. The molecule has 3 nitrogen and oxygen atoms in total. The molecule has 0 aliphatic heterocycles. The Morgan fingerprint density at radius 2 is 1.97 bits per heavy atom. The van der Waals surface area contributed by atoms with Gasteiger partial charge in [0.25, 0.3) is 0 Å². The molecule has 0 N–H and O–H groups in total. The number of nitrogens with zero attached hydrogens (tertiary/aromatic N) is 3. The fraction of sp³-hybridized carbons (Fsp3) is 0.308. The molecule has 166 valence electrons. The van der Waals surface area contributed by atoms with Crippen molar-refractivity contribution in [2.45, 2.75) is 46.1 Å². The topological polar surface area (TPSA) is 29.0 Å². The van der Waals surface area contributed by atoms with Gasteiger partial charge in [0.2, 0.25) is 0 Å². The van der Waals surface area contributed by atoms with Gasteiger partial charge in [-0.15, -0.1) is 11.3 Å². The largest absolute Gasteiger partial charge is 0.347 e. The van der Waals surface area contributed by atoms with Gasteiger partial charge >= 0.3 is 0 Å². The highest BCUT2D eigenvalue weighted by Gasteiger charge is 2.28. The van der Waals surface area contributed by atoms with E-state index in [-0.39, 0.29) is 5.83 Å². The van der Waals surface area contributed by atoms with Crippen molar-refractivity contribution in [1.29, 1.82) is 0 Å². The van der Waals surface area contributed by atoms with Crippen molar-refractivity contribution in [3.8, 4) is 10.4 Å². The maximum Gasteiger partial charge on any atom is 0.186 e. The van der Waals surface area contributed by atoms with Gasteiger partial charge in [0.1, 0.15) is 0 Å². The van der Waals surface area contributed by atoms with Gasteiger partial charge in [0.15, 0.2) is 5.13 Å². The number of hydrogen-bond acceptors (Lipinski definition) is 5. The summed E-state index contributed by atoms with van der Waals surface area (Å²) in [6.07, 6.45) is 7.52. The molecule has 0 unspecified atom stereocenters. The number of hydrogen-bond donors (Lipinski definition) is 0. The van der Waals surface area contributed by atoms with Crippen LogP contribution in [0.4, 0.5) is 9.52 Å². The summed E-state index contributed by atoms with van der Waals surface area (Å²) in [5.74, 6) is 0.451. The number of halogens is 1. The predicted octanol–water partition coefficient (Wildman–Crippen LogP) is 7.84. The van der Waals surface area contributed by atoms with E-state index in [0.29, 0.717) is 5.92 Å². The first-order valence-electron chi connectivity index (χ1n) is 10.8. The summed E-state index contributed by atoms with van der Waals surface area (Å²) in [6, 6.07) is 8.72. The molecule has 0 atom stereocenters. The molecule has 3 aromatic rings. The van der Waals surface area contributed by atoms with E-state index < -0.39 is 0 Å². The quantitative estimate of drug-likeness (QED) is 0.317. The molecule has 1 aliphatic rings. The van der Waals surface area contributed by atoms with Crippen LogP contribution in [0.15, 0.2) is 54.9 Å². The van der Waals surface area contributed by atoms with Crippen molar-refractivity contribution >= 4 is 33.4 Å². The smallest absolute Gasteiger partial charge is 0.186 e. The SMILES string of the molecule is C=C/C(=C\C=C(/C)F)c1sc(N(C)Cc2cccc(-c3sc(C4CC4)nc3C)c2)nc1C. The summed E-state index contributed by atoms with van der Waals surface area (Å²) in [6.45, 7) is 10.2. The van der Waals surface area contributed by atoms with Crippen LogP contribution in [-0.4, -0.2) is 17.0 Å². The van der Waals surface area contributed by atoms with Crippen LogP contribution in [0.25, 0.3) is 16.0 Å². The van der Waals surface area contributed by atoms with E-state index >= 15 is 0 Å². The Morgan fingerprint density at radius 1 is 1.19 bits per heavy atom. The molecule has 2 heterocycles. The average molecular weight is 466 g/mol. The van der Waals surface area contributed by atoms with Crippen LogP contribution >= 0.6 is 22.7 Å². The van der Waals surface area contributed by atoms with Crippen molar-refractivity contribution in [3.05, 3.63) is 81.7 Å². The molecule has 4 rings (SSSR count). The van der Waals surface area contributed by atoms with Crippen molar-refractivity contribution < 1.29 is 4.39 Å². The lowest BCUT2D eigenvalue weighted by atomic mass is 10.1. The molecule has 0 amide bonds. The molecule has 6 heteroatoms. The van der Waals surface area contributed by atoms with Crippen LogP contribution in [0.2, 0.25) is 0 Å². The van der Waals surface area contributed by atoms with E-state index in [0.717, 1.165) is 33.5 Å². The van der Waals surface area contributed by atoms with Crippen molar-refractivity contribution in [2.24, 2.45) is 0 Å².